The highest BCUT2D eigenvalue weighted by atomic mass is 32.1. The maximum absolute atomic E-state index is 13.6. The van der Waals surface area contributed by atoms with E-state index >= 15 is 0 Å². The van der Waals surface area contributed by atoms with Crippen LogP contribution in [-0.2, 0) is 4.79 Å². The van der Waals surface area contributed by atoms with Gasteiger partial charge < -0.3 is 14.4 Å². The Balaban J connectivity index is 1.87. The smallest absolute Gasteiger partial charge is 0.252 e. The van der Waals surface area contributed by atoms with Crippen molar-refractivity contribution in [2.45, 2.75) is 13.8 Å². The van der Waals surface area contributed by atoms with Crippen molar-refractivity contribution in [3.05, 3.63) is 53.9 Å². The molecule has 170 valence electrons. The third-order valence-electron chi connectivity index (χ3n) is 5.20. The molecule has 0 fully saturated rings. The summed E-state index contributed by atoms with van der Waals surface area (Å²) >= 11 is 1.31. The molecule has 6 nitrogen and oxygen atoms in total. The van der Waals surface area contributed by atoms with Crippen LogP contribution in [-0.4, -0.2) is 56.2 Å². The second-order valence-electron chi connectivity index (χ2n) is 7.07. The Hall–Kier alpha value is -2.97. The van der Waals surface area contributed by atoms with Crippen molar-refractivity contribution in [3.8, 4) is 11.5 Å². The third-order valence-corrected chi connectivity index (χ3v) is 6.24. The minimum atomic E-state index is -0.318. The number of aromatic nitrogens is 1. The topological polar surface area (TPSA) is 54.9 Å². The molecule has 3 aromatic rings. The summed E-state index contributed by atoms with van der Waals surface area (Å²) in [7, 11) is 3.15. The lowest BCUT2D eigenvalue weighted by atomic mass is 10.2. The molecule has 0 unspecified atom stereocenters. The second-order valence-corrected chi connectivity index (χ2v) is 8.08. The molecule has 32 heavy (non-hydrogen) atoms. The van der Waals surface area contributed by atoms with Crippen LogP contribution in [0.5, 0.6) is 11.5 Å². The number of carbonyl (C=O) groups excluding carboxylic acids is 1. The van der Waals surface area contributed by atoms with Crippen molar-refractivity contribution in [2.24, 2.45) is 0 Å². The molecule has 0 atom stereocenters. The van der Waals surface area contributed by atoms with E-state index in [1.807, 2.05) is 12.1 Å². The highest BCUT2D eigenvalue weighted by Crippen LogP contribution is 2.30. The fraction of sp³-hybridized carbons (Fsp3) is 0.333. The Morgan fingerprint density at radius 3 is 2.50 bits per heavy atom. The van der Waals surface area contributed by atoms with E-state index in [9.17, 15) is 9.18 Å². The number of rotatable bonds is 10. The molecule has 1 aromatic heterocycles. The van der Waals surface area contributed by atoms with Crippen molar-refractivity contribution < 1.29 is 18.7 Å². The maximum atomic E-state index is 13.6. The molecule has 8 heteroatoms. The van der Waals surface area contributed by atoms with E-state index in [2.05, 4.69) is 23.7 Å². The Morgan fingerprint density at radius 2 is 1.81 bits per heavy atom. The van der Waals surface area contributed by atoms with Crippen molar-refractivity contribution in [2.75, 3.05) is 45.3 Å². The van der Waals surface area contributed by atoms with Crippen LogP contribution in [0.25, 0.3) is 16.3 Å². The molecule has 0 saturated heterocycles. The minimum absolute atomic E-state index is 0.188. The average molecular weight is 458 g/mol. The molecule has 0 bridgehead atoms. The SMILES string of the molecule is CCN(CC)CCN(C(=O)/C=C/c1ccc(OC)c(OC)c1)c1nc2ccc(F)cc2s1. The first-order valence-corrected chi connectivity index (χ1v) is 11.3. The number of likely N-dealkylation sites (N-methyl/N-ethyl adjacent to an activating group) is 1. The van der Waals surface area contributed by atoms with Gasteiger partial charge in [0.2, 0.25) is 0 Å². The van der Waals surface area contributed by atoms with Crippen LogP contribution in [0.2, 0.25) is 0 Å². The van der Waals surface area contributed by atoms with Gasteiger partial charge in [0.25, 0.3) is 5.91 Å². The van der Waals surface area contributed by atoms with E-state index in [0.29, 0.717) is 39.9 Å². The first-order chi connectivity index (χ1) is 15.5. The van der Waals surface area contributed by atoms with Crippen molar-refractivity contribution in [1.82, 2.24) is 9.88 Å². The zero-order valence-electron chi connectivity index (χ0n) is 18.8. The molecule has 1 amide bonds. The normalized spacial score (nSPS) is 11.4. The van der Waals surface area contributed by atoms with E-state index in [0.717, 1.165) is 18.7 Å². The first kappa shape index (κ1) is 23.7. The van der Waals surface area contributed by atoms with Crippen molar-refractivity contribution in [1.29, 1.82) is 0 Å². The molecule has 0 radical (unpaired) electrons. The van der Waals surface area contributed by atoms with Crippen LogP contribution in [0.1, 0.15) is 19.4 Å². The van der Waals surface area contributed by atoms with Gasteiger partial charge in [-0.25, -0.2) is 9.37 Å². The predicted octanol–water partition coefficient (Wildman–Crippen LogP) is 4.84. The van der Waals surface area contributed by atoms with Crippen molar-refractivity contribution >= 4 is 38.7 Å². The van der Waals surface area contributed by atoms with Gasteiger partial charge in [-0.15, -0.1) is 0 Å². The van der Waals surface area contributed by atoms with Gasteiger partial charge in [-0.05, 0) is 55.1 Å². The fourth-order valence-electron chi connectivity index (χ4n) is 3.30. The van der Waals surface area contributed by atoms with Gasteiger partial charge in [-0.1, -0.05) is 31.3 Å². The number of hydrogen-bond donors (Lipinski definition) is 0. The molecule has 0 N–H and O–H groups in total. The molecular weight excluding hydrogens is 429 g/mol. The monoisotopic (exact) mass is 457 g/mol. The summed E-state index contributed by atoms with van der Waals surface area (Å²) in [4.78, 5) is 21.7. The lowest BCUT2D eigenvalue weighted by molar-refractivity contribution is -0.114. The van der Waals surface area contributed by atoms with Gasteiger partial charge >= 0.3 is 0 Å². The largest absolute Gasteiger partial charge is 0.493 e. The molecule has 0 aliphatic heterocycles. The summed E-state index contributed by atoms with van der Waals surface area (Å²) in [6, 6.07) is 9.92. The van der Waals surface area contributed by atoms with Gasteiger partial charge in [-0.2, -0.15) is 0 Å². The zero-order chi connectivity index (χ0) is 23.1. The van der Waals surface area contributed by atoms with E-state index in [1.165, 1.54) is 29.5 Å². The van der Waals surface area contributed by atoms with E-state index in [-0.39, 0.29) is 11.7 Å². The summed E-state index contributed by atoms with van der Waals surface area (Å²) in [6.45, 7) is 7.17. The number of benzene rings is 2. The highest BCUT2D eigenvalue weighted by Gasteiger charge is 2.19. The molecule has 0 aliphatic rings. The standard InChI is InChI=1S/C24H28FN3O3S/c1-5-27(6-2)13-14-28(24-26-19-10-9-18(25)16-22(19)32-24)23(29)12-8-17-7-11-20(30-3)21(15-17)31-4/h7-12,15-16H,5-6,13-14H2,1-4H3/b12-8+. The van der Waals surface area contributed by atoms with Crippen molar-refractivity contribution in [3.63, 3.8) is 0 Å². The Bertz CT molecular complexity index is 1100. The Labute approximate surface area is 191 Å². The summed E-state index contributed by atoms with van der Waals surface area (Å²) < 4.78 is 24.9. The predicted molar refractivity (Wildman–Crippen MR) is 128 cm³/mol. The summed E-state index contributed by atoms with van der Waals surface area (Å²) in [6.07, 6.45) is 3.26. The second kappa shape index (κ2) is 11.1. The van der Waals surface area contributed by atoms with Gasteiger partial charge in [-0.3, -0.25) is 9.69 Å². The number of hydrogen-bond acceptors (Lipinski definition) is 6. The van der Waals surface area contributed by atoms with Gasteiger partial charge in [0, 0.05) is 19.2 Å². The number of fused-ring (bicyclic) bond motifs is 1. The average Bonchev–Trinajstić information content (AvgIpc) is 3.22. The minimum Gasteiger partial charge on any atom is -0.493 e. The first-order valence-electron chi connectivity index (χ1n) is 10.5. The van der Waals surface area contributed by atoms with Crippen LogP contribution in [0.3, 0.4) is 0 Å². The molecule has 1 heterocycles. The number of nitrogens with zero attached hydrogens (tertiary/aromatic N) is 3. The molecule has 3 rings (SSSR count). The lowest BCUT2D eigenvalue weighted by Crippen LogP contribution is -2.38. The highest BCUT2D eigenvalue weighted by molar-refractivity contribution is 7.22. The third kappa shape index (κ3) is 5.63. The van der Waals surface area contributed by atoms with E-state index in [1.54, 1.807) is 37.3 Å². The number of anilines is 1. The number of carbonyl (C=O) groups is 1. The molecule has 0 aliphatic carbocycles. The zero-order valence-corrected chi connectivity index (χ0v) is 19.6. The quantitative estimate of drug-likeness (QED) is 0.408. The van der Waals surface area contributed by atoms with Crippen LogP contribution in [0.4, 0.5) is 9.52 Å². The van der Waals surface area contributed by atoms with Crippen LogP contribution < -0.4 is 14.4 Å². The van der Waals surface area contributed by atoms with Crippen LogP contribution in [0, 0.1) is 5.82 Å². The maximum Gasteiger partial charge on any atom is 0.252 e. The van der Waals surface area contributed by atoms with Gasteiger partial charge in [0.05, 0.1) is 24.4 Å². The summed E-state index contributed by atoms with van der Waals surface area (Å²) in [5.41, 5.74) is 1.49. The van der Waals surface area contributed by atoms with E-state index in [4.69, 9.17) is 9.47 Å². The summed E-state index contributed by atoms with van der Waals surface area (Å²) in [5, 5.41) is 0.555. The Kier molecular flexibility index (Phi) is 8.19. The molecule has 0 saturated carbocycles. The molecular formula is C24H28FN3O3S. The summed E-state index contributed by atoms with van der Waals surface area (Å²) in [5.74, 6) is 0.709. The molecule has 0 spiro atoms. The van der Waals surface area contributed by atoms with Gasteiger partial charge in [0.15, 0.2) is 16.6 Å². The lowest BCUT2D eigenvalue weighted by Gasteiger charge is -2.23. The van der Waals surface area contributed by atoms with E-state index < -0.39 is 0 Å². The number of methoxy groups -OCH3 is 2. The van der Waals surface area contributed by atoms with Crippen LogP contribution >= 0.6 is 11.3 Å². The Morgan fingerprint density at radius 1 is 1.06 bits per heavy atom. The van der Waals surface area contributed by atoms with Crippen LogP contribution in [0.15, 0.2) is 42.5 Å². The number of halogens is 1. The number of amides is 1. The number of ether oxygens (including phenoxy) is 2. The fourth-order valence-corrected chi connectivity index (χ4v) is 4.32. The number of thiazole rings is 1. The molecule has 2 aromatic carbocycles. The van der Waals surface area contributed by atoms with Gasteiger partial charge in [0.1, 0.15) is 5.82 Å².